The first-order valence-corrected chi connectivity index (χ1v) is 9.26. The summed E-state index contributed by atoms with van der Waals surface area (Å²) in [6.07, 6.45) is 2.31. The Hall–Kier alpha value is -3.01. The average molecular weight is 388 g/mol. The SMILES string of the molecule is CCc1c(C)nc(-n2nc(C)cc2NC(=O)C(=O)NCC2CCCO2)[nH]c1=O. The van der Waals surface area contributed by atoms with Gasteiger partial charge < -0.3 is 15.4 Å². The van der Waals surface area contributed by atoms with Crippen molar-refractivity contribution in [1.29, 1.82) is 0 Å². The number of carbonyl (C=O) groups is 2. The van der Waals surface area contributed by atoms with Crippen LogP contribution < -0.4 is 16.2 Å². The number of rotatable bonds is 5. The van der Waals surface area contributed by atoms with Gasteiger partial charge in [0.1, 0.15) is 5.82 Å². The van der Waals surface area contributed by atoms with E-state index < -0.39 is 11.8 Å². The van der Waals surface area contributed by atoms with Crippen molar-refractivity contribution in [2.45, 2.75) is 46.1 Å². The normalized spacial score (nSPS) is 16.2. The third-order valence-electron chi connectivity index (χ3n) is 4.56. The van der Waals surface area contributed by atoms with Gasteiger partial charge in [0, 0.05) is 30.5 Å². The van der Waals surface area contributed by atoms with Gasteiger partial charge in [-0.1, -0.05) is 6.92 Å². The van der Waals surface area contributed by atoms with Crippen LogP contribution >= 0.6 is 0 Å². The number of ether oxygens (including phenoxy) is 1. The molecule has 2 amide bonds. The first-order valence-electron chi connectivity index (χ1n) is 9.26. The largest absolute Gasteiger partial charge is 0.376 e. The van der Waals surface area contributed by atoms with Crippen LogP contribution in [0.2, 0.25) is 0 Å². The van der Waals surface area contributed by atoms with Gasteiger partial charge in [0.15, 0.2) is 0 Å². The van der Waals surface area contributed by atoms with Crippen molar-refractivity contribution in [1.82, 2.24) is 25.1 Å². The monoisotopic (exact) mass is 388 g/mol. The van der Waals surface area contributed by atoms with E-state index >= 15 is 0 Å². The van der Waals surface area contributed by atoms with E-state index in [4.69, 9.17) is 4.74 Å². The molecule has 1 aliphatic heterocycles. The van der Waals surface area contributed by atoms with Crippen molar-refractivity contribution in [3.05, 3.63) is 33.4 Å². The predicted octanol–water partition coefficient (Wildman–Crippen LogP) is 0.369. The zero-order valence-electron chi connectivity index (χ0n) is 16.2. The van der Waals surface area contributed by atoms with Crippen molar-refractivity contribution in [2.75, 3.05) is 18.5 Å². The van der Waals surface area contributed by atoms with Gasteiger partial charge in [-0.15, -0.1) is 0 Å². The lowest BCUT2D eigenvalue weighted by molar-refractivity contribution is -0.136. The molecule has 10 heteroatoms. The Morgan fingerprint density at radius 2 is 2.14 bits per heavy atom. The molecule has 3 N–H and O–H groups in total. The molecule has 3 rings (SSSR count). The number of carbonyl (C=O) groups excluding carboxylic acids is 2. The molecule has 1 fully saturated rings. The van der Waals surface area contributed by atoms with Crippen molar-refractivity contribution in [2.24, 2.45) is 0 Å². The molecule has 2 aromatic heterocycles. The number of hydrogen-bond acceptors (Lipinski definition) is 6. The number of nitrogens with one attached hydrogen (secondary N) is 3. The van der Waals surface area contributed by atoms with Crippen LogP contribution in [-0.2, 0) is 20.7 Å². The molecule has 3 heterocycles. The summed E-state index contributed by atoms with van der Waals surface area (Å²) >= 11 is 0. The summed E-state index contributed by atoms with van der Waals surface area (Å²) in [6, 6.07) is 1.59. The van der Waals surface area contributed by atoms with Crippen LogP contribution in [0, 0.1) is 13.8 Å². The molecule has 0 radical (unpaired) electrons. The Bertz CT molecular complexity index is 942. The number of aromatic nitrogens is 4. The summed E-state index contributed by atoms with van der Waals surface area (Å²) in [5.74, 6) is -1.19. The third kappa shape index (κ3) is 4.28. The lowest BCUT2D eigenvalue weighted by Crippen LogP contribution is -2.39. The summed E-state index contributed by atoms with van der Waals surface area (Å²) in [4.78, 5) is 43.6. The minimum absolute atomic E-state index is 0.0566. The quantitative estimate of drug-likeness (QED) is 0.634. The summed E-state index contributed by atoms with van der Waals surface area (Å²) < 4.78 is 6.72. The van der Waals surface area contributed by atoms with E-state index in [1.807, 2.05) is 6.92 Å². The number of anilines is 1. The van der Waals surface area contributed by atoms with Crippen LogP contribution in [0.5, 0.6) is 0 Å². The Morgan fingerprint density at radius 1 is 1.36 bits per heavy atom. The van der Waals surface area contributed by atoms with E-state index in [-0.39, 0.29) is 30.0 Å². The molecule has 0 spiro atoms. The second-order valence-electron chi connectivity index (χ2n) is 6.69. The highest BCUT2D eigenvalue weighted by molar-refractivity contribution is 6.39. The molecule has 1 atom stereocenters. The van der Waals surface area contributed by atoms with Crippen LogP contribution in [0.15, 0.2) is 10.9 Å². The Morgan fingerprint density at radius 3 is 2.79 bits per heavy atom. The number of hydrogen-bond donors (Lipinski definition) is 3. The van der Waals surface area contributed by atoms with E-state index in [0.717, 1.165) is 12.8 Å². The minimum atomic E-state index is -0.830. The van der Waals surface area contributed by atoms with Gasteiger partial charge in [0.2, 0.25) is 5.95 Å². The first-order chi connectivity index (χ1) is 13.4. The highest BCUT2D eigenvalue weighted by atomic mass is 16.5. The zero-order chi connectivity index (χ0) is 20.3. The Labute approximate surface area is 161 Å². The molecule has 28 heavy (non-hydrogen) atoms. The van der Waals surface area contributed by atoms with E-state index in [9.17, 15) is 14.4 Å². The topological polar surface area (TPSA) is 131 Å². The lowest BCUT2D eigenvalue weighted by Gasteiger charge is -2.12. The first kappa shape index (κ1) is 19.7. The maximum absolute atomic E-state index is 12.2. The summed E-state index contributed by atoms with van der Waals surface area (Å²) in [5.41, 5.74) is 1.51. The van der Waals surface area contributed by atoms with Crippen LogP contribution in [0.25, 0.3) is 5.95 Å². The fourth-order valence-corrected chi connectivity index (χ4v) is 3.13. The molecular formula is C18H24N6O4. The lowest BCUT2D eigenvalue weighted by atomic mass is 10.2. The number of aromatic amines is 1. The molecule has 0 bridgehead atoms. The highest BCUT2D eigenvalue weighted by Crippen LogP contribution is 2.15. The van der Waals surface area contributed by atoms with Crippen LogP contribution in [0.1, 0.15) is 36.7 Å². The van der Waals surface area contributed by atoms with Gasteiger partial charge in [-0.3, -0.25) is 19.4 Å². The van der Waals surface area contributed by atoms with Gasteiger partial charge in [-0.25, -0.2) is 4.98 Å². The van der Waals surface area contributed by atoms with E-state index in [1.54, 1.807) is 19.9 Å². The minimum Gasteiger partial charge on any atom is -0.376 e. The molecule has 1 saturated heterocycles. The molecule has 0 aromatic carbocycles. The van der Waals surface area contributed by atoms with Gasteiger partial charge in [0.25, 0.3) is 5.56 Å². The highest BCUT2D eigenvalue weighted by Gasteiger charge is 2.21. The van der Waals surface area contributed by atoms with Crippen LogP contribution in [0.4, 0.5) is 5.82 Å². The maximum atomic E-state index is 12.2. The van der Waals surface area contributed by atoms with Crippen molar-refractivity contribution in [3.63, 3.8) is 0 Å². The molecular weight excluding hydrogens is 364 g/mol. The average Bonchev–Trinajstić information content (AvgIpc) is 3.29. The van der Waals surface area contributed by atoms with E-state index in [2.05, 4.69) is 25.7 Å². The summed E-state index contributed by atoms with van der Waals surface area (Å²) in [5, 5.41) is 9.34. The molecule has 150 valence electrons. The van der Waals surface area contributed by atoms with E-state index in [1.165, 1.54) is 4.68 Å². The summed E-state index contributed by atoms with van der Waals surface area (Å²) in [7, 11) is 0. The Balaban J connectivity index is 1.76. The van der Waals surface area contributed by atoms with Gasteiger partial charge in [0.05, 0.1) is 11.8 Å². The van der Waals surface area contributed by atoms with E-state index in [0.29, 0.717) is 30.0 Å². The third-order valence-corrected chi connectivity index (χ3v) is 4.56. The van der Waals surface area contributed by atoms with Crippen LogP contribution in [0.3, 0.4) is 0 Å². The number of nitrogens with zero attached hydrogens (tertiary/aromatic N) is 3. The zero-order valence-corrected chi connectivity index (χ0v) is 16.2. The fraction of sp³-hybridized carbons (Fsp3) is 0.500. The molecule has 1 unspecified atom stereocenters. The van der Waals surface area contributed by atoms with Gasteiger partial charge >= 0.3 is 11.8 Å². The van der Waals surface area contributed by atoms with Crippen molar-refractivity contribution in [3.8, 4) is 5.95 Å². The standard InChI is InChI=1S/C18H24N6O4/c1-4-13-11(3)20-18(22-15(13)25)24-14(8-10(2)23-24)21-17(27)16(26)19-9-12-6-5-7-28-12/h8,12H,4-7,9H2,1-3H3,(H,19,26)(H,21,27)(H,20,22,25). The molecule has 0 aliphatic carbocycles. The van der Waals surface area contributed by atoms with Crippen molar-refractivity contribution < 1.29 is 14.3 Å². The smallest absolute Gasteiger partial charge is 0.314 e. The predicted molar refractivity (Wildman–Crippen MR) is 101 cm³/mol. The fourth-order valence-electron chi connectivity index (χ4n) is 3.13. The molecule has 0 saturated carbocycles. The van der Waals surface area contributed by atoms with Gasteiger partial charge in [-0.05, 0) is 33.1 Å². The van der Waals surface area contributed by atoms with Gasteiger partial charge in [-0.2, -0.15) is 9.78 Å². The molecule has 10 nitrogen and oxygen atoms in total. The van der Waals surface area contributed by atoms with Crippen molar-refractivity contribution >= 4 is 17.6 Å². The second kappa shape index (κ2) is 8.34. The molecule has 2 aromatic rings. The Kier molecular flexibility index (Phi) is 5.88. The second-order valence-corrected chi connectivity index (χ2v) is 6.69. The molecule has 1 aliphatic rings. The summed E-state index contributed by atoms with van der Waals surface area (Å²) in [6.45, 7) is 6.31. The number of H-pyrrole nitrogens is 1. The van der Waals surface area contributed by atoms with Crippen LogP contribution in [-0.4, -0.2) is 50.8 Å². The number of amides is 2. The maximum Gasteiger partial charge on any atom is 0.314 e. The number of aryl methyl sites for hydroxylation is 2.